The van der Waals surface area contributed by atoms with Gasteiger partial charge in [-0.05, 0) is 79.5 Å². The van der Waals surface area contributed by atoms with Crippen molar-refractivity contribution in [1.82, 2.24) is 10.2 Å². The van der Waals surface area contributed by atoms with E-state index in [1.54, 1.807) is 11.3 Å². The molecule has 4 rings (SSSR count). The van der Waals surface area contributed by atoms with Gasteiger partial charge in [-0.1, -0.05) is 24.3 Å². The van der Waals surface area contributed by atoms with Gasteiger partial charge >= 0.3 is 0 Å². The molecule has 3 heterocycles. The second kappa shape index (κ2) is 9.53. The second-order valence-electron chi connectivity index (χ2n) is 9.16. The first kappa shape index (κ1) is 22.0. The average molecular weight is 441 g/mol. The number of hydrogen-bond donors (Lipinski definition) is 1. The number of carbonyl (C=O) groups is 2. The van der Waals surface area contributed by atoms with Crippen molar-refractivity contribution in [2.75, 3.05) is 19.7 Å². The first-order valence-corrected chi connectivity index (χ1v) is 12.2. The summed E-state index contributed by atoms with van der Waals surface area (Å²) in [7, 11) is 0. The SMILES string of the molecule is CC(C)NC(=O)C1(Cc2ccc(-c3ccsc3)cc2)CCN(C(=O)C2CCCCO2)C1. The molecule has 2 atom stereocenters. The van der Waals surface area contributed by atoms with Crippen molar-refractivity contribution in [1.29, 1.82) is 0 Å². The molecule has 2 aliphatic heterocycles. The number of likely N-dealkylation sites (tertiary alicyclic amines) is 1. The Labute approximate surface area is 188 Å². The van der Waals surface area contributed by atoms with Crippen LogP contribution in [0.2, 0.25) is 0 Å². The first-order chi connectivity index (χ1) is 15.0. The highest BCUT2D eigenvalue weighted by Crippen LogP contribution is 2.36. The predicted molar refractivity (Wildman–Crippen MR) is 124 cm³/mol. The van der Waals surface area contributed by atoms with Crippen LogP contribution in [0.5, 0.6) is 0 Å². The third-order valence-electron chi connectivity index (χ3n) is 6.37. The van der Waals surface area contributed by atoms with Crippen LogP contribution in [0, 0.1) is 5.41 Å². The Morgan fingerprint density at radius 3 is 2.65 bits per heavy atom. The lowest BCUT2D eigenvalue weighted by Gasteiger charge is -2.31. The van der Waals surface area contributed by atoms with E-state index in [0.29, 0.717) is 32.5 Å². The average Bonchev–Trinajstić information content (AvgIpc) is 3.45. The Morgan fingerprint density at radius 1 is 1.19 bits per heavy atom. The van der Waals surface area contributed by atoms with Gasteiger partial charge in [0.1, 0.15) is 6.10 Å². The third-order valence-corrected chi connectivity index (χ3v) is 7.06. The molecule has 0 bridgehead atoms. The van der Waals surface area contributed by atoms with Gasteiger partial charge < -0.3 is 15.0 Å². The summed E-state index contributed by atoms with van der Waals surface area (Å²) in [5.74, 6) is 0.0935. The molecule has 2 aromatic rings. The molecule has 0 spiro atoms. The number of thiophene rings is 1. The van der Waals surface area contributed by atoms with Crippen molar-refractivity contribution in [2.24, 2.45) is 5.41 Å². The topological polar surface area (TPSA) is 58.6 Å². The molecule has 0 aliphatic carbocycles. The summed E-state index contributed by atoms with van der Waals surface area (Å²) < 4.78 is 5.72. The van der Waals surface area contributed by atoms with Crippen LogP contribution in [-0.4, -0.2) is 48.6 Å². The van der Waals surface area contributed by atoms with E-state index in [0.717, 1.165) is 24.8 Å². The summed E-state index contributed by atoms with van der Waals surface area (Å²) in [5, 5.41) is 7.33. The van der Waals surface area contributed by atoms with Gasteiger partial charge in [0.25, 0.3) is 5.91 Å². The molecule has 1 N–H and O–H groups in total. The van der Waals surface area contributed by atoms with Crippen LogP contribution in [0.15, 0.2) is 41.1 Å². The van der Waals surface area contributed by atoms with Crippen molar-refractivity contribution >= 4 is 23.2 Å². The summed E-state index contributed by atoms with van der Waals surface area (Å²) in [5.41, 5.74) is 2.93. The Morgan fingerprint density at radius 2 is 2.00 bits per heavy atom. The fraction of sp³-hybridized carbons (Fsp3) is 0.520. The van der Waals surface area contributed by atoms with Crippen molar-refractivity contribution in [2.45, 2.75) is 58.1 Å². The monoisotopic (exact) mass is 440 g/mol. The van der Waals surface area contributed by atoms with Gasteiger partial charge in [0.15, 0.2) is 0 Å². The van der Waals surface area contributed by atoms with Gasteiger partial charge in [-0.25, -0.2) is 0 Å². The molecule has 6 heteroatoms. The number of benzene rings is 1. The van der Waals surface area contributed by atoms with Crippen molar-refractivity contribution in [3.63, 3.8) is 0 Å². The molecule has 2 unspecified atom stereocenters. The summed E-state index contributed by atoms with van der Waals surface area (Å²) in [6.45, 7) is 5.68. The predicted octanol–water partition coefficient (Wildman–Crippen LogP) is 4.27. The van der Waals surface area contributed by atoms with E-state index in [4.69, 9.17) is 4.74 Å². The normalized spacial score (nSPS) is 23.8. The first-order valence-electron chi connectivity index (χ1n) is 11.3. The quantitative estimate of drug-likeness (QED) is 0.730. The van der Waals surface area contributed by atoms with Gasteiger partial charge in [-0.15, -0.1) is 0 Å². The Bertz CT molecular complexity index is 888. The van der Waals surface area contributed by atoms with Gasteiger partial charge in [0.05, 0.1) is 5.41 Å². The van der Waals surface area contributed by atoms with E-state index in [9.17, 15) is 9.59 Å². The molecule has 5 nitrogen and oxygen atoms in total. The molecule has 2 saturated heterocycles. The highest BCUT2D eigenvalue weighted by atomic mass is 32.1. The van der Waals surface area contributed by atoms with Crippen LogP contribution in [-0.2, 0) is 20.7 Å². The second-order valence-corrected chi connectivity index (χ2v) is 9.94. The number of ether oxygens (including phenoxy) is 1. The van der Waals surface area contributed by atoms with Crippen molar-refractivity contribution in [3.8, 4) is 11.1 Å². The molecular weight excluding hydrogens is 408 g/mol. The van der Waals surface area contributed by atoms with E-state index >= 15 is 0 Å². The van der Waals surface area contributed by atoms with Crippen LogP contribution in [0.4, 0.5) is 0 Å². The Kier molecular flexibility index (Phi) is 6.77. The summed E-state index contributed by atoms with van der Waals surface area (Å²) >= 11 is 1.69. The standard InChI is InChI=1S/C25H32N2O3S/c1-18(2)26-24(29)25(11-12-27(17-25)23(28)22-5-3-4-13-30-22)15-19-6-8-20(9-7-19)21-10-14-31-16-21/h6-10,14,16,18,22H,3-5,11-13,15,17H2,1-2H3,(H,26,29). The molecule has 2 aliphatic rings. The van der Waals surface area contributed by atoms with Gasteiger partial charge in [0.2, 0.25) is 5.91 Å². The van der Waals surface area contributed by atoms with E-state index in [1.165, 1.54) is 11.1 Å². The molecule has 1 aromatic carbocycles. The zero-order chi connectivity index (χ0) is 21.8. The van der Waals surface area contributed by atoms with Crippen molar-refractivity contribution in [3.05, 3.63) is 46.7 Å². The Balaban J connectivity index is 1.51. The summed E-state index contributed by atoms with van der Waals surface area (Å²) in [6.07, 6.45) is 3.79. The van der Waals surface area contributed by atoms with Gasteiger partial charge in [-0.2, -0.15) is 11.3 Å². The van der Waals surface area contributed by atoms with E-state index in [2.05, 4.69) is 46.4 Å². The maximum atomic E-state index is 13.3. The van der Waals surface area contributed by atoms with Crippen LogP contribution in [0.3, 0.4) is 0 Å². The smallest absolute Gasteiger partial charge is 0.251 e. The fourth-order valence-electron chi connectivity index (χ4n) is 4.66. The summed E-state index contributed by atoms with van der Waals surface area (Å²) in [4.78, 5) is 28.2. The Hall–Kier alpha value is -2.18. The minimum absolute atomic E-state index is 0.0456. The number of nitrogens with zero attached hydrogens (tertiary/aromatic N) is 1. The molecule has 166 valence electrons. The van der Waals surface area contributed by atoms with Gasteiger partial charge in [0, 0.05) is 25.7 Å². The highest BCUT2D eigenvalue weighted by Gasteiger charge is 2.47. The fourth-order valence-corrected chi connectivity index (χ4v) is 5.32. The molecule has 1 aromatic heterocycles. The van der Waals surface area contributed by atoms with E-state index in [-0.39, 0.29) is 24.0 Å². The maximum Gasteiger partial charge on any atom is 0.251 e. The van der Waals surface area contributed by atoms with Crippen LogP contribution in [0.25, 0.3) is 11.1 Å². The number of amides is 2. The highest BCUT2D eigenvalue weighted by molar-refractivity contribution is 7.08. The van der Waals surface area contributed by atoms with Gasteiger partial charge in [-0.3, -0.25) is 9.59 Å². The molecule has 31 heavy (non-hydrogen) atoms. The van der Waals surface area contributed by atoms with Crippen LogP contribution < -0.4 is 5.32 Å². The van der Waals surface area contributed by atoms with E-state index < -0.39 is 5.41 Å². The molecule has 0 radical (unpaired) electrons. The lowest BCUT2D eigenvalue weighted by molar-refractivity contribution is -0.146. The number of rotatable bonds is 6. The maximum absolute atomic E-state index is 13.3. The van der Waals surface area contributed by atoms with Crippen LogP contribution >= 0.6 is 11.3 Å². The van der Waals surface area contributed by atoms with Crippen molar-refractivity contribution < 1.29 is 14.3 Å². The zero-order valence-corrected chi connectivity index (χ0v) is 19.2. The minimum Gasteiger partial charge on any atom is -0.368 e. The molecule has 2 fully saturated rings. The minimum atomic E-state index is -0.599. The largest absolute Gasteiger partial charge is 0.368 e. The molecular formula is C25H32N2O3S. The molecule has 2 amide bonds. The zero-order valence-electron chi connectivity index (χ0n) is 18.4. The number of carbonyl (C=O) groups excluding carboxylic acids is 2. The molecule has 0 saturated carbocycles. The number of nitrogens with one attached hydrogen (secondary N) is 1. The number of hydrogen-bond acceptors (Lipinski definition) is 4. The lowest BCUT2D eigenvalue weighted by Crippen LogP contribution is -2.48. The van der Waals surface area contributed by atoms with E-state index in [1.807, 2.05) is 18.7 Å². The summed E-state index contributed by atoms with van der Waals surface area (Å²) in [6, 6.07) is 10.7. The van der Waals surface area contributed by atoms with Crippen LogP contribution in [0.1, 0.15) is 45.1 Å². The third kappa shape index (κ3) is 5.01. The lowest BCUT2D eigenvalue weighted by atomic mass is 9.79.